The molecule has 0 bridgehead atoms. The topological polar surface area (TPSA) is 63.4 Å². The van der Waals surface area contributed by atoms with E-state index < -0.39 is 10.0 Å². The minimum Gasteiger partial charge on any atom is -0.330 e. The SMILES string of the molecule is CC(C)(C)C1CCCN(S(=O)(=O)CCCN)CC1. The predicted molar refractivity (Wildman–Crippen MR) is 75.8 cm³/mol. The lowest BCUT2D eigenvalue weighted by Gasteiger charge is -2.29. The molecule has 0 spiro atoms. The van der Waals surface area contributed by atoms with Crippen LogP contribution in [0.5, 0.6) is 0 Å². The molecule has 0 aromatic heterocycles. The Bertz CT molecular complexity index is 346. The maximum Gasteiger partial charge on any atom is 0.214 e. The van der Waals surface area contributed by atoms with Crippen LogP contribution in [-0.2, 0) is 10.0 Å². The average molecular weight is 276 g/mol. The second-order valence-electron chi connectivity index (χ2n) is 6.35. The van der Waals surface area contributed by atoms with E-state index in [0.717, 1.165) is 19.3 Å². The molecule has 18 heavy (non-hydrogen) atoms. The minimum absolute atomic E-state index is 0.198. The first-order valence-corrected chi connectivity index (χ1v) is 8.56. The molecular formula is C13H28N2O2S. The summed E-state index contributed by atoms with van der Waals surface area (Å²) in [5.41, 5.74) is 5.67. The van der Waals surface area contributed by atoms with Gasteiger partial charge in [0.2, 0.25) is 10.0 Å². The van der Waals surface area contributed by atoms with Crippen molar-refractivity contribution in [3.05, 3.63) is 0 Å². The van der Waals surface area contributed by atoms with E-state index in [9.17, 15) is 8.42 Å². The Labute approximate surface area is 112 Å². The normalized spacial score (nSPS) is 23.9. The second kappa shape index (κ2) is 6.35. The first-order valence-electron chi connectivity index (χ1n) is 6.95. The molecule has 1 aliphatic rings. The van der Waals surface area contributed by atoms with Crippen LogP contribution >= 0.6 is 0 Å². The highest BCUT2D eigenvalue weighted by atomic mass is 32.2. The van der Waals surface area contributed by atoms with Crippen molar-refractivity contribution in [1.29, 1.82) is 0 Å². The maximum absolute atomic E-state index is 12.1. The van der Waals surface area contributed by atoms with Gasteiger partial charge in [-0.1, -0.05) is 20.8 Å². The van der Waals surface area contributed by atoms with E-state index in [-0.39, 0.29) is 11.2 Å². The Morgan fingerprint density at radius 3 is 2.44 bits per heavy atom. The molecule has 4 nitrogen and oxygen atoms in total. The molecule has 1 fully saturated rings. The van der Waals surface area contributed by atoms with Gasteiger partial charge >= 0.3 is 0 Å². The summed E-state index contributed by atoms with van der Waals surface area (Å²) in [6.45, 7) is 8.54. The van der Waals surface area contributed by atoms with Crippen molar-refractivity contribution in [3.8, 4) is 0 Å². The summed E-state index contributed by atoms with van der Waals surface area (Å²) in [6, 6.07) is 0. The van der Waals surface area contributed by atoms with Crippen LogP contribution in [0.4, 0.5) is 0 Å². The average Bonchev–Trinajstić information content (AvgIpc) is 2.51. The highest BCUT2D eigenvalue weighted by Gasteiger charge is 2.30. The predicted octanol–water partition coefficient (Wildman–Crippen LogP) is 1.81. The van der Waals surface area contributed by atoms with Gasteiger partial charge in [0.25, 0.3) is 0 Å². The zero-order valence-corrected chi connectivity index (χ0v) is 12.8. The summed E-state index contributed by atoms with van der Waals surface area (Å²) < 4.78 is 25.9. The fourth-order valence-corrected chi connectivity index (χ4v) is 4.19. The van der Waals surface area contributed by atoms with Crippen molar-refractivity contribution in [2.75, 3.05) is 25.4 Å². The van der Waals surface area contributed by atoms with Crippen molar-refractivity contribution in [2.45, 2.75) is 46.5 Å². The maximum atomic E-state index is 12.1. The molecule has 0 amide bonds. The lowest BCUT2D eigenvalue weighted by molar-refractivity contribution is 0.217. The summed E-state index contributed by atoms with van der Waals surface area (Å²) in [4.78, 5) is 0. The minimum atomic E-state index is -3.08. The largest absolute Gasteiger partial charge is 0.330 e. The molecule has 0 aromatic carbocycles. The molecule has 1 heterocycles. The van der Waals surface area contributed by atoms with Gasteiger partial charge in [0.1, 0.15) is 0 Å². The van der Waals surface area contributed by atoms with Crippen LogP contribution in [0.15, 0.2) is 0 Å². The molecular weight excluding hydrogens is 248 g/mol. The molecule has 1 rings (SSSR count). The van der Waals surface area contributed by atoms with Crippen LogP contribution < -0.4 is 5.73 Å². The summed E-state index contributed by atoms with van der Waals surface area (Å²) in [5.74, 6) is 0.816. The van der Waals surface area contributed by atoms with Crippen LogP contribution in [-0.4, -0.2) is 38.1 Å². The third kappa shape index (κ3) is 4.52. The number of hydrogen-bond acceptors (Lipinski definition) is 3. The zero-order valence-electron chi connectivity index (χ0n) is 12.0. The van der Waals surface area contributed by atoms with Crippen LogP contribution in [0.2, 0.25) is 0 Å². The van der Waals surface area contributed by atoms with Gasteiger partial charge < -0.3 is 5.73 Å². The van der Waals surface area contributed by atoms with E-state index in [1.807, 2.05) is 0 Å². The first-order chi connectivity index (χ1) is 8.27. The quantitative estimate of drug-likeness (QED) is 0.852. The fraction of sp³-hybridized carbons (Fsp3) is 1.00. The van der Waals surface area contributed by atoms with Gasteiger partial charge in [0, 0.05) is 13.1 Å². The number of nitrogens with two attached hydrogens (primary N) is 1. The second-order valence-corrected chi connectivity index (χ2v) is 8.44. The van der Waals surface area contributed by atoms with Crippen LogP contribution in [0.25, 0.3) is 0 Å². The summed E-state index contributed by atoms with van der Waals surface area (Å²) in [6.07, 6.45) is 3.64. The van der Waals surface area contributed by atoms with Gasteiger partial charge in [-0.25, -0.2) is 12.7 Å². The Morgan fingerprint density at radius 1 is 1.22 bits per heavy atom. The van der Waals surface area contributed by atoms with Crippen molar-refractivity contribution in [2.24, 2.45) is 17.1 Å². The molecule has 0 aromatic rings. The molecule has 1 unspecified atom stereocenters. The molecule has 0 saturated carbocycles. The smallest absolute Gasteiger partial charge is 0.214 e. The molecule has 0 aliphatic carbocycles. The van der Waals surface area contributed by atoms with E-state index in [2.05, 4.69) is 20.8 Å². The van der Waals surface area contributed by atoms with Gasteiger partial charge in [-0.05, 0) is 43.6 Å². The van der Waals surface area contributed by atoms with Crippen LogP contribution in [0, 0.1) is 11.3 Å². The molecule has 108 valence electrons. The Balaban J connectivity index is 2.62. The number of rotatable bonds is 4. The fourth-order valence-electron chi connectivity index (χ4n) is 2.61. The molecule has 1 aliphatic heterocycles. The van der Waals surface area contributed by atoms with E-state index in [1.54, 1.807) is 4.31 Å². The van der Waals surface area contributed by atoms with Gasteiger partial charge in [-0.3, -0.25) is 0 Å². The van der Waals surface area contributed by atoms with E-state index in [4.69, 9.17) is 5.73 Å². The zero-order chi connectivity index (χ0) is 13.8. The monoisotopic (exact) mass is 276 g/mol. The summed E-state index contributed by atoms with van der Waals surface area (Å²) in [7, 11) is -3.08. The molecule has 1 atom stereocenters. The van der Waals surface area contributed by atoms with Crippen molar-refractivity contribution in [1.82, 2.24) is 4.31 Å². The highest BCUT2D eigenvalue weighted by molar-refractivity contribution is 7.89. The third-order valence-corrected chi connectivity index (χ3v) is 5.87. The molecule has 5 heteroatoms. The van der Waals surface area contributed by atoms with Gasteiger partial charge in [0.05, 0.1) is 5.75 Å². The number of nitrogens with zero attached hydrogens (tertiary/aromatic N) is 1. The van der Waals surface area contributed by atoms with Gasteiger partial charge in [-0.2, -0.15) is 0 Å². The summed E-state index contributed by atoms with van der Waals surface area (Å²) >= 11 is 0. The molecule has 0 radical (unpaired) electrons. The highest BCUT2D eigenvalue weighted by Crippen LogP contribution is 2.34. The number of sulfonamides is 1. The van der Waals surface area contributed by atoms with Crippen LogP contribution in [0.3, 0.4) is 0 Å². The lowest BCUT2D eigenvalue weighted by atomic mass is 9.77. The van der Waals surface area contributed by atoms with E-state index in [1.165, 1.54) is 0 Å². The van der Waals surface area contributed by atoms with E-state index >= 15 is 0 Å². The Hall–Kier alpha value is -0.130. The summed E-state index contributed by atoms with van der Waals surface area (Å²) in [5, 5.41) is 0. The van der Waals surface area contributed by atoms with Gasteiger partial charge in [0.15, 0.2) is 0 Å². The first kappa shape index (κ1) is 15.9. The molecule has 2 N–H and O–H groups in total. The van der Waals surface area contributed by atoms with Crippen molar-refractivity contribution in [3.63, 3.8) is 0 Å². The Kier molecular flexibility index (Phi) is 5.62. The lowest BCUT2D eigenvalue weighted by Crippen LogP contribution is -2.34. The van der Waals surface area contributed by atoms with Crippen LogP contribution in [0.1, 0.15) is 46.5 Å². The Morgan fingerprint density at radius 2 is 1.89 bits per heavy atom. The van der Waals surface area contributed by atoms with E-state index in [0.29, 0.717) is 32.0 Å². The van der Waals surface area contributed by atoms with Crippen molar-refractivity contribution < 1.29 is 8.42 Å². The molecule has 1 saturated heterocycles. The van der Waals surface area contributed by atoms with Crippen molar-refractivity contribution >= 4 is 10.0 Å². The third-order valence-electron chi connectivity index (χ3n) is 3.91. The van der Waals surface area contributed by atoms with Gasteiger partial charge in [-0.15, -0.1) is 0 Å². The standard InChI is InChI=1S/C13H28N2O2S/c1-13(2,3)12-6-4-9-15(10-7-12)18(16,17)11-5-8-14/h12H,4-11,14H2,1-3H3. The number of hydrogen-bond donors (Lipinski definition) is 1.